The van der Waals surface area contributed by atoms with Gasteiger partial charge >= 0.3 is 0 Å². The van der Waals surface area contributed by atoms with Crippen molar-refractivity contribution in [1.29, 1.82) is 0 Å². The molecule has 0 saturated heterocycles. The van der Waals surface area contributed by atoms with Gasteiger partial charge in [-0.15, -0.1) is 0 Å². The molecule has 3 heteroatoms. The molecular formula is C18H29NO2. The Hall–Kier alpha value is -0.900. The molecule has 0 radical (unpaired) electrons. The maximum atomic E-state index is 10.00. The number of aryl methyl sites for hydroxylation is 1. The molecule has 2 atom stereocenters. The van der Waals surface area contributed by atoms with Gasteiger partial charge in [0.2, 0.25) is 0 Å². The number of ether oxygens (including phenoxy) is 1. The molecule has 0 amide bonds. The maximum absolute atomic E-state index is 10.00. The van der Waals surface area contributed by atoms with Gasteiger partial charge in [0.25, 0.3) is 0 Å². The standard InChI is InChI=1S/C18H29NO2/c1-2-3-6-12-21-14-16(20)13-19-18-11-7-9-15-8-4-5-10-17(15)18/h4-5,8,10,16,18-20H,2-3,6-7,9,11-14H2,1H3. The van der Waals surface area contributed by atoms with E-state index in [0.717, 1.165) is 19.4 Å². The van der Waals surface area contributed by atoms with Gasteiger partial charge in [0, 0.05) is 19.2 Å². The van der Waals surface area contributed by atoms with Crippen LogP contribution in [-0.4, -0.2) is 31.0 Å². The van der Waals surface area contributed by atoms with Gasteiger partial charge in [-0.1, -0.05) is 44.0 Å². The van der Waals surface area contributed by atoms with Crippen LogP contribution in [0.2, 0.25) is 0 Å². The molecular weight excluding hydrogens is 262 g/mol. The molecule has 0 heterocycles. The van der Waals surface area contributed by atoms with Crippen LogP contribution in [0.3, 0.4) is 0 Å². The first-order valence-corrected chi connectivity index (χ1v) is 8.38. The summed E-state index contributed by atoms with van der Waals surface area (Å²) in [5.74, 6) is 0. The Bertz CT molecular complexity index is 408. The van der Waals surface area contributed by atoms with Crippen molar-refractivity contribution in [1.82, 2.24) is 5.32 Å². The molecule has 2 rings (SSSR count). The van der Waals surface area contributed by atoms with Crippen LogP contribution in [0, 0.1) is 0 Å². The Morgan fingerprint density at radius 3 is 3.05 bits per heavy atom. The van der Waals surface area contributed by atoms with Crippen molar-refractivity contribution in [2.24, 2.45) is 0 Å². The number of hydrogen-bond acceptors (Lipinski definition) is 3. The first kappa shape index (κ1) is 16.5. The summed E-state index contributed by atoms with van der Waals surface area (Å²) in [4.78, 5) is 0. The predicted molar refractivity (Wildman–Crippen MR) is 86.5 cm³/mol. The molecule has 1 aromatic rings. The lowest BCUT2D eigenvalue weighted by Gasteiger charge is -2.27. The summed E-state index contributed by atoms with van der Waals surface area (Å²) in [5.41, 5.74) is 2.85. The van der Waals surface area contributed by atoms with E-state index in [-0.39, 0.29) is 0 Å². The second-order valence-corrected chi connectivity index (χ2v) is 5.99. The molecule has 3 nitrogen and oxygen atoms in total. The molecule has 1 aliphatic rings. The van der Waals surface area contributed by atoms with Crippen molar-refractivity contribution >= 4 is 0 Å². The minimum Gasteiger partial charge on any atom is -0.389 e. The zero-order valence-electron chi connectivity index (χ0n) is 13.2. The molecule has 2 N–H and O–H groups in total. The van der Waals surface area contributed by atoms with Gasteiger partial charge in [-0.25, -0.2) is 0 Å². The van der Waals surface area contributed by atoms with Crippen molar-refractivity contribution in [2.75, 3.05) is 19.8 Å². The van der Waals surface area contributed by atoms with E-state index in [9.17, 15) is 5.11 Å². The fraction of sp³-hybridized carbons (Fsp3) is 0.667. The van der Waals surface area contributed by atoms with E-state index in [1.807, 2.05) is 0 Å². The quantitative estimate of drug-likeness (QED) is 0.686. The molecule has 0 fully saturated rings. The maximum Gasteiger partial charge on any atom is 0.0897 e. The number of fused-ring (bicyclic) bond motifs is 1. The largest absolute Gasteiger partial charge is 0.389 e. The van der Waals surface area contributed by atoms with Gasteiger partial charge in [-0.3, -0.25) is 0 Å². The van der Waals surface area contributed by atoms with Crippen LogP contribution in [0.4, 0.5) is 0 Å². The van der Waals surface area contributed by atoms with Gasteiger partial charge in [0.05, 0.1) is 12.7 Å². The van der Waals surface area contributed by atoms with Crippen LogP contribution < -0.4 is 5.32 Å². The Morgan fingerprint density at radius 2 is 2.19 bits per heavy atom. The van der Waals surface area contributed by atoms with Crippen molar-refractivity contribution in [3.05, 3.63) is 35.4 Å². The van der Waals surface area contributed by atoms with Crippen molar-refractivity contribution < 1.29 is 9.84 Å². The molecule has 0 aromatic heterocycles. The number of hydrogen-bond donors (Lipinski definition) is 2. The average Bonchev–Trinajstić information content (AvgIpc) is 2.52. The highest BCUT2D eigenvalue weighted by Gasteiger charge is 2.19. The van der Waals surface area contributed by atoms with E-state index >= 15 is 0 Å². The molecule has 0 aliphatic heterocycles. The molecule has 21 heavy (non-hydrogen) atoms. The van der Waals surface area contributed by atoms with E-state index in [4.69, 9.17) is 4.74 Å². The molecule has 0 spiro atoms. The van der Waals surface area contributed by atoms with E-state index in [2.05, 4.69) is 36.5 Å². The average molecular weight is 291 g/mol. The summed E-state index contributed by atoms with van der Waals surface area (Å²) in [6, 6.07) is 9.02. The highest BCUT2D eigenvalue weighted by atomic mass is 16.5. The lowest BCUT2D eigenvalue weighted by molar-refractivity contribution is 0.0339. The first-order chi connectivity index (χ1) is 10.3. The number of rotatable bonds is 9. The molecule has 0 bridgehead atoms. The Morgan fingerprint density at radius 1 is 1.33 bits per heavy atom. The fourth-order valence-corrected chi connectivity index (χ4v) is 2.98. The van der Waals surface area contributed by atoms with Crippen LogP contribution in [0.1, 0.15) is 56.2 Å². The smallest absolute Gasteiger partial charge is 0.0897 e. The summed E-state index contributed by atoms with van der Waals surface area (Å²) >= 11 is 0. The van der Waals surface area contributed by atoms with E-state index < -0.39 is 6.10 Å². The molecule has 1 aromatic carbocycles. The topological polar surface area (TPSA) is 41.5 Å². The van der Waals surface area contributed by atoms with Crippen LogP contribution in [-0.2, 0) is 11.2 Å². The summed E-state index contributed by atoms with van der Waals surface area (Å²) in [7, 11) is 0. The third-order valence-electron chi connectivity index (χ3n) is 4.17. The minimum atomic E-state index is -0.416. The zero-order chi connectivity index (χ0) is 14.9. The SMILES string of the molecule is CCCCCOCC(O)CNC1CCCc2ccccc21. The molecule has 0 saturated carbocycles. The van der Waals surface area contributed by atoms with Gasteiger partial charge in [0.1, 0.15) is 0 Å². The lowest BCUT2D eigenvalue weighted by Crippen LogP contribution is -2.34. The van der Waals surface area contributed by atoms with Crippen LogP contribution in [0.25, 0.3) is 0 Å². The normalized spacial score (nSPS) is 19.2. The monoisotopic (exact) mass is 291 g/mol. The first-order valence-electron chi connectivity index (χ1n) is 8.38. The van der Waals surface area contributed by atoms with E-state index in [1.165, 1.54) is 36.8 Å². The van der Waals surface area contributed by atoms with Crippen LogP contribution in [0.5, 0.6) is 0 Å². The van der Waals surface area contributed by atoms with Crippen molar-refractivity contribution in [3.63, 3.8) is 0 Å². The van der Waals surface area contributed by atoms with Crippen molar-refractivity contribution in [2.45, 2.75) is 57.6 Å². The molecule has 1 aliphatic carbocycles. The molecule has 2 unspecified atom stereocenters. The molecule has 118 valence electrons. The Kier molecular flexibility index (Phi) is 7.20. The van der Waals surface area contributed by atoms with E-state index in [1.54, 1.807) is 0 Å². The zero-order valence-corrected chi connectivity index (χ0v) is 13.2. The minimum absolute atomic E-state index is 0.379. The number of benzene rings is 1. The summed E-state index contributed by atoms with van der Waals surface area (Å²) in [6.45, 7) is 3.98. The summed E-state index contributed by atoms with van der Waals surface area (Å²) < 4.78 is 5.52. The number of aliphatic hydroxyl groups excluding tert-OH is 1. The fourth-order valence-electron chi connectivity index (χ4n) is 2.98. The van der Waals surface area contributed by atoms with Gasteiger partial charge in [-0.05, 0) is 36.8 Å². The van der Waals surface area contributed by atoms with Crippen LogP contribution in [0.15, 0.2) is 24.3 Å². The lowest BCUT2D eigenvalue weighted by atomic mass is 9.88. The highest BCUT2D eigenvalue weighted by Crippen LogP contribution is 2.29. The number of aliphatic hydroxyl groups is 1. The Labute approximate surface area is 128 Å². The summed E-state index contributed by atoms with van der Waals surface area (Å²) in [5, 5.41) is 13.5. The highest BCUT2D eigenvalue weighted by molar-refractivity contribution is 5.32. The van der Waals surface area contributed by atoms with Crippen molar-refractivity contribution in [3.8, 4) is 0 Å². The Balaban J connectivity index is 1.69. The van der Waals surface area contributed by atoms with Gasteiger partial charge in [0.15, 0.2) is 0 Å². The predicted octanol–water partition coefficient (Wildman–Crippen LogP) is 3.22. The van der Waals surface area contributed by atoms with Crippen LogP contribution >= 0.6 is 0 Å². The number of nitrogens with one attached hydrogen (secondary N) is 1. The third-order valence-corrected chi connectivity index (χ3v) is 4.17. The third kappa shape index (κ3) is 5.42. The summed E-state index contributed by atoms with van der Waals surface area (Å²) in [6.07, 6.45) is 6.63. The van der Waals surface area contributed by atoms with Gasteiger partial charge in [-0.2, -0.15) is 0 Å². The second-order valence-electron chi connectivity index (χ2n) is 5.99. The number of unbranched alkanes of at least 4 members (excludes halogenated alkanes) is 2. The second kappa shape index (κ2) is 9.19. The van der Waals surface area contributed by atoms with E-state index in [0.29, 0.717) is 19.2 Å². The van der Waals surface area contributed by atoms with Gasteiger partial charge < -0.3 is 15.2 Å².